The van der Waals surface area contributed by atoms with E-state index in [1.165, 1.54) is 0 Å². The molecule has 0 aliphatic carbocycles. The predicted octanol–water partition coefficient (Wildman–Crippen LogP) is 5.66. The zero-order valence-electron chi connectivity index (χ0n) is 17.4. The molecule has 3 aromatic carbocycles. The number of aromatic nitrogens is 1. The molecule has 32 heavy (non-hydrogen) atoms. The monoisotopic (exact) mass is 465 g/mol. The van der Waals surface area contributed by atoms with Crippen molar-refractivity contribution in [2.24, 2.45) is 0 Å². The number of nitrogens with one attached hydrogen (secondary N) is 2. The zero-order valence-corrected chi connectivity index (χ0v) is 19.0. The molecule has 0 saturated heterocycles. The van der Waals surface area contributed by atoms with Gasteiger partial charge in [0.05, 0.1) is 0 Å². The lowest BCUT2D eigenvalue weighted by molar-refractivity contribution is -0.121. The van der Waals surface area contributed by atoms with Crippen LogP contribution in [0.2, 0.25) is 5.02 Å². The van der Waals surface area contributed by atoms with Gasteiger partial charge >= 0.3 is 0 Å². The number of ether oxygens (including phenoxy) is 1. The molecule has 162 valence electrons. The maximum absolute atomic E-state index is 12.2. The van der Waals surface area contributed by atoms with E-state index in [-0.39, 0.29) is 17.6 Å². The van der Waals surface area contributed by atoms with Crippen LogP contribution in [0, 0.1) is 13.8 Å². The zero-order chi connectivity index (χ0) is 22.7. The number of halogens is 1. The molecule has 6 nitrogen and oxygen atoms in total. The van der Waals surface area contributed by atoms with Crippen LogP contribution in [-0.2, 0) is 4.79 Å². The quantitative estimate of drug-likeness (QED) is 0.370. The molecule has 0 spiro atoms. The van der Waals surface area contributed by atoms with Gasteiger partial charge in [-0.05, 0) is 79.7 Å². The third-order valence-electron chi connectivity index (χ3n) is 4.77. The Bertz CT molecular complexity index is 1320. The van der Waals surface area contributed by atoms with E-state index in [1.54, 1.807) is 24.3 Å². The summed E-state index contributed by atoms with van der Waals surface area (Å²) < 4.78 is 11.4. The van der Waals surface area contributed by atoms with Crippen LogP contribution in [0.1, 0.15) is 11.1 Å². The second-order valence-corrected chi connectivity index (χ2v) is 8.06. The molecule has 0 bridgehead atoms. The van der Waals surface area contributed by atoms with Crippen LogP contribution in [0.15, 0.2) is 65.1 Å². The molecule has 4 rings (SSSR count). The SMILES string of the molecule is Cc1cc(Cl)ccc1OCC(=O)NC(=S)Nc1ccc2oc(-c3ccccc3C)nc2c1. The summed E-state index contributed by atoms with van der Waals surface area (Å²) >= 11 is 11.2. The van der Waals surface area contributed by atoms with E-state index in [0.717, 1.165) is 16.7 Å². The third-order valence-corrected chi connectivity index (χ3v) is 5.21. The minimum atomic E-state index is -0.374. The molecule has 2 N–H and O–H groups in total. The summed E-state index contributed by atoms with van der Waals surface area (Å²) in [6.45, 7) is 3.69. The minimum absolute atomic E-state index is 0.161. The Hall–Kier alpha value is -3.42. The van der Waals surface area contributed by atoms with Gasteiger partial charge in [0.2, 0.25) is 5.89 Å². The number of thiocarbonyl (C=S) groups is 1. The van der Waals surface area contributed by atoms with E-state index in [2.05, 4.69) is 15.6 Å². The molecular weight excluding hydrogens is 446 g/mol. The first-order chi connectivity index (χ1) is 15.4. The molecule has 0 saturated carbocycles. The van der Waals surface area contributed by atoms with E-state index in [1.807, 2.05) is 50.2 Å². The van der Waals surface area contributed by atoms with Gasteiger partial charge in [-0.3, -0.25) is 10.1 Å². The lowest BCUT2D eigenvalue weighted by Gasteiger charge is -2.11. The minimum Gasteiger partial charge on any atom is -0.483 e. The normalized spacial score (nSPS) is 10.7. The van der Waals surface area contributed by atoms with E-state index in [0.29, 0.717) is 33.4 Å². The fraction of sp³-hybridized carbons (Fsp3) is 0.125. The Morgan fingerprint density at radius 3 is 2.69 bits per heavy atom. The van der Waals surface area contributed by atoms with Crippen LogP contribution in [0.5, 0.6) is 5.75 Å². The molecule has 0 unspecified atom stereocenters. The van der Waals surface area contributed by atoms with Crippen LogP contribution in [0.25, 0.3) is 22.6 Å². The number of rotatable bonds is 5. The van der Waals surface area contributed by atoms with Crippen LogP contribution in [-0.4, -0.2) is 22.6 Å². The molecule has 0 aliphatic heterocycles. The predicted molar refractivity (Wildman–Crippen MR) is 130 cm³/mol. The van der Waals surface area contributed by atoms with E-state index in [4.69, 9.17) is 33.0 Å². The molecular formula is C24H20ClN3O3S. The van der Waals surface area contributed by atoms with E-state index >= 15 is 0 Å². The second-order valence-electron chi connectivity index (χ2n) is 7.22. The highest BCUT2D eigenvalue weighted by Crippen LogP contribution is 2.28. The van der Waals surface area contributed by atoms with Gasteiger partial charge < -0.3 is 14.5 Å². The highest BCUT2D eigenvalue weighted by molar-refractivity contribution is 7.80. The number of fused-ring (bicyclic) bond motifs is 1. The summed E-state index contributed by atoms with van der Waals surface area (Å²) in [5, 5.41) is 6.36. The van der Waals surface area contributed by atoms with Crippen LogP contribution in [0.3, 0.4) is 0 Å². The molecule has 0 aliphatic rings. The number of amides is 1. The molecule has 1 amide bonds. The first-order valence-corrected chi connectivity index (χ1v) is 10.6. The molecule has 0 atom stereocenters. The summed E-state index contributed by atoms with van der Waals surface area (Å²) in [7, 11) is 0. The van der Waals surface area contributed by atoms with Crippen molar-refractivity contribution >= 4 is 51.6 Å². The summed E-state index contributed by atoms with van der Waals surface area (Å²) in [5.74, 6) is 0.770. The Morgan fingerprint density at radius 1 is 1.09 bits per heavy atom. The summed E-state index contributed by atoms with van der Waals surface area (Å²) in [6.07, 6.45) is 0. The molecule has 0 radical (unpaired) electrons. The fourth-order valence-electron chi connectivity index (χ4n) is 3.18. The van der Waals surface area contributed by atoms with Gasteiger partial charge in [-0.1, -0.05) is 29.8 Å². The van der Waals surface area contributed by atoms with E-state index < -0.39 is 0 Å². The fourth-order valence-corrected chi connectivity index (χ4v) is 3.63. The molecule has 0 fully saturated rings. The first-order valence-electron chi connectivity index (χ1n) is 9.85. The van der Waals surface area contributed by atoms with Gasteiger partial charge in [0.15, 0.2) is 17.3 Å². The maximum Gasteiger partial charge on any atom is 0.264 e. The van der Waals surface area contributed by atoms with Gasteiger partial charge in [0.25, 0.3) is 5.91 Å². The van der Waals surface area contributed by atoms with E-state index in [9.17, 15) is 4.79 Å². The van der Waals surface area contributed by atoms with Crippen molar-refractivity contribution in [2.45, 2.75) is 13.8 Å². The summed E-state index contributed by atoms with van der Waals surface area (Å²) in [5.41, 5.74) is 4.90. The van der Waals surface area contributed by atoms with Crippen molar-refractivity contribution in [1.82, 2.24) is 10.3 Å². The largest absolute Gasteiger partial charge is 0.483 e. The maximum atomic E-state index is 12.2. The van der Waals surface area contributed by atoms with Gasteiger partial charge in [0.1, 0.15) is 11.3 Å². The second kappa shape index (κ2) is 9.38. The average Bonchev–Trinajstić information content (AvgIpc) is 3.16. The molecule has 1 aromatic heterocycles. The van der Waals surface area contributed by atoms with Crippen LogP contribution in [0.4, 0.5) is 5.69 Å². The molecule has 4 aromatic rings. The van der Waals surface area contributed by atoms with Crippen molar-refractivity contribution in [1.29, 1.82) is 0 Å². The number of hydrogen-bond donors (Lipinski definition) is 2. The number of carbonyl (C=O) groups excluding carboxylic acids is 1. The highest BCUT2D eigenvalue weighted by atomic mass is 35.5. The number of carbonyl (C=O) groups is 1. The third kappa shape index (κ3) is 5.07. The smallest absolute Gasteiger partial charge is 0.264 e. The number of nitrogens with zero attached hydrogens (tertiary/aromatic N) is 1. The summed E-state index contributed by atoms with van der Waals surface area (Å²) in [4.78, 5) is 16.8. The Kier molecular flexibility index (Phi) is 6.39. The number of aryl methyl sites for hydroxylation is 2. The van der Waals surface area contributed by atoms with Crippen molar-refractivity contribution in [3.8, 4) is 17.2 Å². The van der Waals surface area contributed by atoms with Gasteiger partial charge in [0, 0.05) is 16.3 Å². The number of anilines is 1. The van der Waals surface area contributed by atoms with Crippen molar-refractivity contribution in [2.75, 3.05) is 11.9 Å². The van der Waals surface area contributed by atoms with Crippen LogP contribution < -0.4 is 15.4 Å². The number of oxazole rings is 1. The van der Waals surface area contributed by atoms with Gasteiger partial charge in [-0.2, -0.15) is 0 Å². The lowest BCUT2D eigenvalue weighted by Crippen LogP contribution is -2.37. The molecule has 1 heterocycles. The Labute approximate surface area is 195 Å². The standard InChI is InChI=1S/C24H20ClN3O3S/c1-14-5-3-4-6-18(14)23-27-19-12-17(8-10-21(19)31-23)26-24(32)28-22(29)13-30-20-9-7-16(25)11-15(20)2/h3-12H,13H2,1-2H3,(H2,26,28,29,32). The molecule has 8 heteroatoms. The number of benzene rings is 3. The number of hydrogen-bond acceptors (Lipinski definition) is 5. The van der Waals surface area contributed by atoms with Crippen LogP contribution >= 0.6 is 23.8 Å². The topological polar surface area (TPSA) is 76.4 Å². The Balaban J connectivity index is 1.38. The Morgan fingerprint density at radius 2 is 1.91 bits per heavy atom. The highest BCUT2D eigenvalue weighted by Gasteiger charge is 2.12. The average molecular weight is 466 g/mol. The van der Waals surface area contributed by atoms with Crippen molar-refractivity contribution < 1.29 is 13.9 Å². The van der Waals surface area contributed by atoms with Crippen molar-refractivity contribution in [3.05, 3.63) is 76.8 Å². The van der Waals surface area contributed by atoms with Gasteiger partial charge in [-0.25, -0.2) is 4.98 Å². The summed E-state index contributed by atoms with van der Waals surface area (Å²) in [6, 6.07) is 18.5. The van der Waals surface area contributed by atoms with Gasteiger partial charge in [-0.15, -0.1) is 0 Å². The first kappa shape index (κ1) is 21.8. The van der Waals surface area contributed by atoms with Crippen molar-refractivity contribution in [3.63, 3.8) is 0 Å². The lowest BCUT2D eigenvalue weighted by atomic mass is 10.1.